The fraction of sp³-hybridized carbons (Fsp3) is 0.833. The maximum atomic E-state index is 5.90. The quantitative estimate of drug-likeness (QED) is 0.261. The number of aryl methyl sites for hydroxylation is 1. The number of ether oxygens (including phenoxy) is 2. The van der Waals surface area contributed by atoms with E-state index in [0.29, 0.717) is 24.6 Å². The number of aliphatic imine (C=N–C) groups is 1. The molecule has 0 spiro atoms. The summed E-state index contributed by atoms with van der Waals surface area (Å²) in [6.07, 6.45) is 2.41. The molecule has 2 heterocycles. The lowest BCUT2D eigenvalue weighted by molar-refractivity contribution is -0.106. The summed E-state index contributed by atoms with van der Waals surface area (Å²) < 4.78 is 13.0. The summed E-state index contributed by atoms with van der Waals surface area (Å²) in [4.78, 5) is 4.76. The van der Waals surface area contributed by atoms with Crippen molar-refractivity contribution in [3.63, 3.8) is 0 Å². The van der Waals surface area contributed by atoms with Crippen LogP contribution >= 0.6 is 24.0 Å². The second kappa shape index (κ2) is 9.51. The van der Waals surface area contributed by atoms with Gasteiger partial charge in [-0.05, 0) is 19.8 Å². The highest BCUT2D eigenvalue weighted by atomic mass is 127. The lowest BCUT2D eigenvalue weighted by Crippen LogP contribution is -2.68. The molecule has 1 aliphatic carbocycles. The number of methoxy groups -OCH3 is 1. The van der Waals surface area contributed by atoms with E-state index in [9.17, 15) is 0 Å². The number of nitrogens with zero attached hydrogens (tertiary/aromatic N) is 4. The molecular weight excluding hydrogens is 459 g/mol. The van der Waals surface area contributed by atoms with Crippen LogP contribution in [0.4, 0.5) is 0 Å². The van der Waals surface area contributed by atoms with Gasteiger partial charge in [-0.25, -0.2) is 4.99 Å². The Morgan fingerprint density at radius 3 is 2.85 bits per heavy atom. The Morgan fingerprint density at radius 1 is 1.41 bits per heavy atom. The van der Waals surface area contributed by atoms with Crippen molar-refractivity contribution in [2.45, 2.75) is 52.3 Å². The van der Waals surface area contributed by atoms with Crippen molar-refractivity contribution in [3.8, 4) is 0 Å². The van der Waals surface area contributed by atoms with E-state index in [0.717, 1.165) is 50.2 Å². The highest BCUT2D eigenvalue weighted by molar-refractivity contribution is 14.0. The van der Waals surface area contributed by atoms with E-state index < -0.39 is 0 Å². The molecule has 2 fully saturated rings. The predicted octanol–water partition coefficient (Wildman–Crippen LogP) is 1.63. The maximum absolute atomic E-state index is 5.90. The van der Waals surface area contributed by atoms with Gasteiger partial charge in [0, 0.05) is 51.3 Å². The number of hydrogen-bond donors (Lipinski definition) is 2. The molecule has 1 aliphatic heterocycles. The van der Waals surface area contributed by atoms with Crippen LogP contribution < -0.4 is 10.6 Å². The van der Waals surface area contributed by atoms with Crippen LogP contribution in [0.25, 0.3) is 0 Å². The molecule has 1 aromatic heterocycles. The van der Waals surface area contributed by atoms with Crippen LogP contribution in [0.1, 0.15) is 38.3 Å². The zero-order valence-corrected chi connectivity index (χ0v) is 19.3. The van der Waals surface area contributed by atoms with Crippen molar-refractivity contribution in [1.29, 1.82) is 0 Å². The van der Waals surface area contributed by atoms with Gasteiger partial charge in [0.25, 0.3) is 0 Å². The standard InChI is InChI=1S/C18H32N6O2.HI/c1-12-22-23-14(24(12)4)11-20-17(19-8-6-9-25-5)21-15-13-7-10-26-16(13)18(15,2)3;/h13,15-16H,6-11H2,1-5H3,(H2,19,20,21);1H. The highest BCUT2D eigenvalue weighted by Gasteiger charge is 2.59. The third-order valence-electron chi connectivity index (χ3n) is 5.77. The third-order valence-corrected chi connectivity index (χ3v) is 5.77. The van der Waals surface area contributed by atoms with Gasteiger partial charge in [0.15, 0.2) is 11.8 Å². The van der Waals surface area contributed by atoms with E-state index in [-0.39, 0.29) is 29.4 Å². The molecule has 1 aromatic rings. The van der Waals surface area contributed by atoms with Gasteiger partial charge in [0.1, 0.15) is 12.4 Å². The number of nitrogens with one attached hydrogen (secondary N) is 2. The number of hydrogen-bond acceptors (Lipinski definition) is 5. The van der Waals surface area contributed by atoms with Gasteiger partial charge in [-0.2, -0.15) is 0 Å². The molecule has 0 bridgehead atoms. The minimum atomic E-state index is 0. The second-order valence-corrected chi connectivity index (χ2v) is 7.85. The van der Waals surface area contributed by atoms with Crippen molar-refractivity contribution in [1.82, 2.24) is 25.4 Å². The maximum Gasteiger partial charge on any atom is 0.191 e. The molecule has 0 amide bonds. The predicted molar refractivity (Wildman–Crippen MR) is 115 cm³/mol. The van der Waals surface area contributed by atoms with E-state index >= 15 is 0 Å². The van der Waals surface area contributed by atoms with Gasteiger partial charge in [-0.15, -0.1) is 34.2 Å². The van der Waals surface area contributed by atoms with Gasteiger partial charge in [-0.3, -0.25) is 0 Å². The SMILES string of the molecule is COCCCNC(=NCc1nnc(C)n1C)NC1C2CCOC2C1(C)C.I. The fourth-order valence-corrected chi connectivity index (χ4v) is 4.08. The van der Waals surface area contributed by atoms with Gasteiger partial charge in [0.2, 0.25) is 0 Å². The van der Waals surface area contributed by atoms with Gasteiger partial charge in [0.05, 0.1) is 6.10 Å². The van der Waals surface area contributed by atoms with Crippen LogP contribution in [0.5, 0.6) is 0 Å². The van der Waals surface area contributed by atoms with Crippen LogP contribution in [0, 0.1) is 18.3 Å². The van der Waals surface area contributed by atoms with E-state index in [1.54, 1.807) is 7.11 Å². The average Bonchev–Trinajstić information content (AvgIpc) is 3.20. The molecule has 1 saturated heterocycles. The topological polar surface area (TPSA) is 85.6 Å². The lowest BCUT2D eigenvalue weighted by Gasteiger charge is -2.54. The van der Waals surface area contributed by atoms with Crippen molar-refractivity contribution in [3.05, 3.63) is 11.6 Å². The summed E-state index contributed by atoms with van der Waals surface area (Å²) in [5, 5.41) is 15.4. The molecule has 154 valence electrons. The Hall–Kier alpha value is -0.940. The molecular formula is C18H33IN6O2. The average molecular weight is 492 g/mol. The number of halogens is 1. The van der Waals surface area contributed by atoms with Gasteiger partial charge < -0.3 is 24.7 Å². The summed E-state index contributed by atoms with van der Waals surface area (Å²) >= 11 is 0. The van der Waals surface area contributed by atoms with E-state index in [4.69, 9.17) is 14.5 Å². The highest BCUT2D eigenvalue weighted by Crippen LogP contribution is 2.52. The second-order valence-electron chi connectivity index (χ2n) is 7.85. The molecule has 2 N–H and O–H groups in total. The molecule has 3 atom stereocenters. The summed E-state index contributed by atoms with van der Waals surface area (Å²) in [6.45, 7) is 9.39. The molecule has 0 aromatic carbocycles. The fourth-order valence-electron chi connectivity index (χ4n) is 4.08. The van der Waals surface area contributed by atoms with Crippen molar-refractivity contribution in [2.75, 3.05) is 26.9 Å². The minimum absolute atomic E-state index is 0. The first kappa shape index (κ1) is 22.4. The molecule has 8 nitrogen and oxygen atoms in total. The van der Waals surface area contributed by atoms with Crippen LogP contribution in [0.2, 0.25) is 0 Å². The monoisotopic (exact) mass is 492 g/mol. The van der Waals surface area contributed by atoms with Crippen LogP contribution in [-0.2, 0) is 23.1 Å². The van der Waals surface area contributed by atoms with Gasteiger partial charge >= 0.3 is 0 Å². The lowest BCUT2D eigenvalue weighted by atomic mass is 9.57. The van der Waals surface area contributed by atoms with Gasteiger partial charge in [-0.1, -0.05) is 13.8 Å². The first-order valence-corrected chi connectivity index (χ1v) is 9.45. The first-order chi connectivity index (χ1) is 12.4. The smallest absolute Gasteiger partial charge is 0.191 e. The molecule has 2 aliphatic rings. The molecule has 9 heteroatoms. The van der Waals surface area contributed by atoms with Crippen molar-refractivity contribution < 1.29 is 9.47 Å². The molecule has 3 rings (SSSR count). The van der Waals surface area contributed by atoms with Crippen molar-refractivity contribution in [2.24, 2.45) is 23.4 Å². The zero-order valence-electron chi connectivity index (χ0n) is 17.0. The van der Waals surface area contributed by atoms with E-state index in [2.05, 4.69) is 34.7 Å². The number of aromatic nitrogens is 3. The Labute approximate surface area is 178 Å². The Morgan fingerprint density at radius 2 is 2.19 bits per heavy atom. The van der Waals surface area contributed by atoms with Crippen LogP contribution in [0.3, 0.4) is 0 Å². The van der Waals surface area contributed by atoms with Crippen LogP contribution in [-0.4, -0.2) is 59.7 Å². The number of rotatable bonds is 7. The molecule has 27 heavy (non-hydrogen) atoms. The normalized spacial score (nSPS) is 26.1. The summed E-state index contributed by atoms with van der Waals surface area (Å²) in [5.41, 5.74) is 0.109. The first-order valence-electron chi connectivity index (χ1n) is 9.45. The molecule has 0 radical (unpaired) electrons. The molecule has 1 saturated carbocycles. The summed E-state index contributed by atoms with van der Waals surface area (Å²) in [5.74, 6) is 3.14. The van der Waals surface area contributed by atoms with E-state index in [1.807, 2.05) is 18.5 Å². The Balaban J connectivity index is 0.00000261. The minimum Gasteiger partial charge on any atom is -0.385 e. The summed E-state index contributed by atoms with van der Waals surface area (Å²) in [7, 11) is 3.69. The van der Waals surface area contributed by atoms with Crippen molar-refractivity contribution >= 4 is 29.9 Å². The molecule has 3 unspecified atom stereocenters. The largest absolute Gasteiger partial charge is 0.385 e. The zero-order chi connectivity index (χ0) is 18.7. The number of guanidine groups is 1. The van der Waals surface area contributed by atoms with E-state index in [1.165, 1.54) is 0 Å². The number of fused-ring (bicyclic) bond motifs is 1. The van der Waals surface area contributed by atoms with Crippen LogP contribution in [0.15, 0.2) is 4.99 Å². The third kappa shape index (κ3) is 4.73. The Kier molecular flexibility index (Phi) is 7.87. The Bertz CT molecular complexity index is 648. The summed E-state index contributed by atoms with van der Waals surface area (Å²) in [6, 6.07) is 0.366.